The molecule has 6 nitrogen and oxygen atoms in total. The third-order valence-electron chi connectivity index (χ3n) is 4.50. The smallest absolute Gasteiger partial charge is 0.262 e. The summed E-state index contributed by atoms with van der Waals surface area (Å²) in [4.78, 5) is 16.3. The number of carbonyl (C=O) groups excluding carboxylic acids is 1. The zero-order valence-electron chi connectivity index (χ0n) is 17.7. The van der Waals surface area contributed by atoms with Gasteiger partial charge in [-0.05, 0) is 61.4 Å². The van der Waals surface area contributed by atoms with Crippen LogP contribution in [0.2, 0.25) is 0 Å². The number of nitrogens with one attached hydrogen (secondary N) is 2. The molecule has 0 unspecified atom stereocenters. The molecule has 0 aliphatic heterocycles. The number of carbonyl (C=O) groups is 1. The molecule has 0 saturated carbocycles. The van der Waals surface area contributed by atoms with Crippen molar-refractivity contribution in [2.75, 3.05) is 18.5 Å². The molecule has 0 saturated heterocycles. The van der Waals surface area contributed by atoms with E-state index in [1.54, 1.807) is 12.4 Å². The number of nitrogens with zero attached hydrogens (tertiary/aromatic N) is 1. The van der Waals surface area contributed by atoms with Crippen LogP contribution >= 0.6 is 15.9 Å². The van der Waals surface area contributed by atoms with Gasteiger partial charge in [-0.3, -0.25) is 9.78 Å². The van der Waals surface area contributed by atoms with Crippen molar-refractivity contribution in [1.29, 1.82) is 0 Å². The monoisotopic (exact) mass is 483 g/mol. The minimum Gasteiger partial charge on any atom is -0.490 e. The molecule has 2 N–H and O–H groups in total. The summed E-state index contributed by atoms with van der Waals surface area (Å²) >= 11 is 3.60. The lowest BCUT2D eigenvalue weighted by atomic mass is 10.2. The number of rotatable bonds is 10. The van der Waals surface area contributed by atoms with Crippen molar-refractivity contribution < 1.29 is 14.3 Å². The average Bonchev–Trinajstić information content (AvgIpc) is 2.77. The highest BCUT2D eigenvalue weighted by atomic mass is 79.9. The van der Waals surface area contributed by atoms with E-state index in [0.29, 0.717) is 24.7 Å². The fourth-order valence-electron chi connectivity index (χ4n) is 2.91. The molecule has 1 amide bonds. The maximum absolute atomic E-state index is 12.3. The highest BCUT2D eigenvalue weighted by Crippen LogP contribution is 2.34. The number of hydrogen-bond acceptors (Lipinski definition) is 5. The summed E-state index contributed by atoms with van der Waals surface area (Å²) in [7, 11) is 0. The number of pyridine rings is 1. The summed E-state index contributed by atoms with van der Waals surface area (Å²) in [5.74, 6) is 0.894. The summed E-state index contributed by atoms with van der Waals surface area (Å²) in [5.41, 5.74) is 4.07. The predicted octanol–water partition coefficient (Wildman–Crippen LogP) is 4.86. The molecule has 0 aliphatic carbocycles. The summed E-state index contributed by atoms with van der Waals surface area (Å²) in [6.45, 7) is 5.68. The second kappa shape index (κ2) is 11.5. The first-order chi connectivity index (χ1) is 15.0. The van der Waals surface area contributed by atoms with Crippen molar-refractivity contribution in [1.82, 2.24) is 10.3 Å². The van der Waals surface area contributed by atoms with Gasteiger partial charge in [0.15, 0.2) is 18.1 Å². The van der Waals surface area contributed by atoms with Crippen molar-refractivity contribution in [2.24, 2.45) is 0 Å². The van der Waals surface area contributed by atoms with Crippen molar-refractivity contribution in [3.05, 3.63) is 82.1 Å². The number of benzene rings is 2. The molecule has 0 aliphatic rings. The molecule has 0 bridgehead atoms. The minimum absolute atomic E-state index is 0.111. The quantitative estimate of drug-likeness (QED) is 0.430. The van der Waals surface area contributed by atoms with Crippen molar-refractivity contribution >= 4 is 27.5 Å². The van der Waals surface area contributed by atoms with Gasteiger partial charge in [0, 0.05) is 35.6 Å². The van der Waals surface area contributed by atoms with Gasteiger partial charge in [-0.1, -0.05) is 33.6 Å². The Kier molecular flexibility index (Phi) is 8.44. The van der Waals surface area contributed by atoms with Gasteiger partial charge in [0.1, 0.15) is 0 Å². The van der Waals surface area contributed by atoms with E-state index in [1.165, 1.54) is 0 Å². The average molecular weight is 484 g/mol. The fraction of sp³-hybridized carbons (Fsp3) is 0.250. The minimum atomic E-state index is -0.231. The molecule has 1 aromatic heterocycles. The maximum atomic E-state index is 12.3. The number of amides is 1. The van der Waals surface area contributed by atoms with E-state index < -0.39 is 0 Å². The number of halogens is 1. The molecule has 2 aromatic carbocycles. The van der Waals surface area contributed by atoms with Gasteiger partial charge in [0.25, 0.3) is 5.91 Å². The predicted molar refractivity (Wildman–Crippen MR) is 125 cm³/mol. The Morgan fingerprint density at radius 3 is 2.42 bits per heavy atom. The number of aryl methyl sites for hydroxylation is 1. The normalized spacial score (nSPS) is 10.5. The Labute approximate surface area is 191 Å². The summed E-state index contributed by atoms with van der Waals surface area (Å²) in [5, 5.41) is 6.24. The van der Waals surface area contributed by atoms with Crippen LogP contribution in [0.3, 0.4) is 0 Å². The van der Waals surface area contributed by atoms with Gasteiger partial charge in [0.2, 0.25) is 0 Å². The van der Waals surface area contributed by atoms with Gasteiger partial charge in [-0.25, -0.2) is 0 Å². The zero-order valence-corrected chi connectivity index (χ0v) is 19.2. The molecule has 0 fully saturated rings. The largest absolute Gasteiger partial charge is 0.490 e. The van der Waals surface area contributed by atoms with E-state index in [9.17, 15) is 4.79 Å². The van der Waals surface area contributed by atoms with Gasteiger partial charge < -0.3 is 20.1 Å². The molecule has 3 aromatic rings. The third-order valence-corrected chi connectivity index (χ3v) is 5.24. The lowest BCUT2D eigenvalue weighted by Gasteiger charge is -2.15. The van der Waals surface area contributed by atoms with Gasteiger partial charge in [-0.15, -0.1) is 0 Å². The van der Waals surface area contributed by atoms with Crippen LogP contribution in [0.15, 0.2) is 65.4 Å². The number of ether oxygens (including phenoxy) is 2. The van der Waals surface area contributed by atoms with Crippen LogP contribution in [0.5, 0.6) is 11.5 Å². The molecule has 0 radical (unpaired) electrons. The highest BCUT2D eigenvalue weighted by Gasteiger charge is 2.13. The lowest BCUT2D eigenvalue weighted by Crippen LogP contribution is -2.20. The SMILES string of the molecule is CCOc1cc(CNCc2ccncc2)c(Br)cc1OCC(=O)Nc1ccc(C)cc1. The van der Waals surface area contributed by atoms with E-state index in [1.807, 2.05) is 62.4 Å². The molecule has 0 spiro atoms. The van der Waals surface area contributed by atoms with Crippen molar-refractivity contribution in [3.8, 4) is 11.5 Å². The van der Waals surface area contributed by atoms with Crippen LogP contribution < -0.4 is 20.1 Å². The van der Waals surface area contributed by atoms with Crippen molar-refractivity contribution in [3.63, 3.8) is 0 Å². The Bertz CT molecular complexity index is 995. The van der Waals surface area contributed by atoms with E-state index >= 15 is 0 Å². The standard InChI is InChI=1S/C24H26BrN3O3/c1-3-30-22-12-19(15-27-14-18-8-10-26-11-9-18)21(25)13-23(22)31-16-24(29)28-20-6-4-17(2)5-7-20/h4-13,27H,3,14-16H2,1-2H3,(H,28,29). The fourth-order valence-corrected chi connectivity index (χ4v) is 3.38. The van der Waals surface area contributed by atoms with Gasteiger partial charge >= 0.3 is 0 Å². The van der Waals surface area contributed by atoms with Gasteiger partial charge in [-0.2, -0.15) is 0 Å². The Balaban J connectivity index is 1.60. The highest BCUT2D eigenvalue weighted by molar-refractivity contribution is 9.10. The number of aromatic nitrogens is 1. The molecule has 3 rings (SSSR count). The van der Waals surface area contributed by atoms with Crippen LogP contribution in [0.25, 0.3) is 0 Å². The first-order valence-corrected chi connectivity index (χ1v) is 10.9. The first kappa shape index (κ1) is 22.8. The summed E-state index contributed by atoms with van der Waals surface area (Å²) < 4.78 is 12.4. The Morgan fingerprint density at radius 2 is 1.71 bits per heavy atom. The molecular formula is C24H26BrN3O3. The van der Waals surface area contributed by atoms with Gasteiger partial charge in [0.05, 0.1) is 6.61 Å². The van der Waals surface area contributed by atoms with E-state index in [4.69, 9.17) is 9.47 Å². The molecular weight excluding hydrogens is 458 g/mol. The van der Waals surface area contributed by atoms with Crippen LogP contribution in [0.4, 0.5) is 5.69 Å². The van der Waals surface area contributed by atoms with Crippen LogP contribution in [-0.4, -0.2) is 24.1 Å². The maximum Gasteiger partial charge on any atom is 0.262 e. The molecule has 0 atom stereocenters. The summed E-state index contributed by atoms with van der Waals surface area (Å²) in [6, 6.07) is 15.4. The summed E-state index contributed by atoms with van der Waals surface area (Å²) in [6.07, 6.45) is 3.56. The lowest BCUT2D eigenvalue weighted by molar-refractivity contribution is -0.118. The second-order valence-electron chi connectivity index (χ2n) is 6.99. The second-order valence-corrected chi connectivity index (χ2v) is 7.84. The Hall–Kier alpha value is -2.90. The number of hydrogen-bond donors (Lipinski definition) is 2. The Morgan fingerprint density at radius 1 is 1.00 bits per heavy atom. The third kappa shape index (κ3) is 7.08. The molecule has 31 heavy (non-hydrogen) atoms. The van der Waals surface area contributed by atoms with E-state index in [2.05, 4.69) is 31.5 Å². The zero-order chi connectivity index (χ0) is 22.1. The molecule has 1 heterocycles. The molecule has 7 heteroatoms. The van der Waals surface area contributed by atoms with E-state index in [-0.39, 0.29) is 12.5 Å². The van der Waals surface area contributed by atoms with Crippen LogP contribution in [0.1, 0.15) is 23.6 Å². The topological polar surface area (TPSA) is 72.5 Å². The number of anilines is 1. The van der Waals surface area contributed by atoms with E-state index in [0.717, 1.165) is 33.4 Å². The molecule has 162 valence electrons. The van der Waals surface area contributed by atoms with Crippen LogP contribution in [0, 0.1) is 6.92 Å². The van der Waals surface area contributed by atoms with Crippen molar-refractivity contribution in [2.45, 2.75) is 26.9 Å². The first-order valence-electron chi connectivity index (χ1n) is 10.1. The van der Waals surface area contributed by atoms with Crippen LogP contribution in [-0.2, 0) is 17.9 Å².